The van der Waals surface area contributed by atoms with E-state index in [0.29, 0.717) is 31.8 Å². The molecular formula is C12H16FNO3. The fraction of sp³-hybridized carbons (Fsp3) is 0.417. The molecule has 2 N–H and O–H groups in total. The van der Waals surface area contributed by atoms with Crippen molar-refractivity contribution in [1.82, 2.24) is 0 Å². The highest BCUT2D eigenvalue weighted by atomic mass is 19.1. The van der Waals surface area contributed by atoms with E-state index in [4.69, 9.17) is 15.2 Å². The molecule has 0 heterocycles. The quantitative estimate of drug-likeness (QED) is 0.471. The Bertz CT molecular complexity index is 382. The first-order chi connectivity index (χ1) is 8.13. The van der Waals surface area contributed by atoms with Crippen molar-refractivity contribution in [1.29, 1.82) is 0 Å². The number of hydrogen-bond acceptors (Lipinski definition) is 4. The molecule has 0 fully saturated rings. The monoisotopic (exact) mass is 241 g/mol. The molecule has 0 spiro atoms. The van der Waals surface area contributed by atoms with E-state index >= 15 is 0 Å². The van der Waals surface area contributed by atoms with Crippen LogP contribution < -0.4 is 10.5 Å². The van der Waals surface area contributed by atoms with Crippen LogP contribution in [-0.4, -0.2) is 19.2 Å². The summed E-state index contributed by atoms with van der Waals surface area (Å²) in [6, 6.07) is 3.94. The predicted octanol–water partition coefficient (Wildman–Crippen LogP) is 2.13. The highest BCUT2D eigenvalue weighted by Gasteiger charge is 2.04. The van der Waals surface area contributed by atoms with Crippen molar-refractivity contribution < 1.29 is 18.7 Å². The van der Waals surface area contributed by atoms with Crippen LogP contribution >= 0.6 is 0 Å². The molecule has 0 amide bonds. The molecule has 0 saturated carbocycles. The molecule has 0 bridgehead atoms. The van der Waals surface area contributed by atoms with Gasteiger partial charge in [0.2, 0.25) is 0 Å². The Balaban J connectivity index is 2.29. The van der Waals surface area contributed by atoms with Crippen LogP contribution in [0, 0.1) is 5.82 Å². The molecule has 0 aromatic heterocycles. The molecule has 1 aromatic rings. The fourth-order valence-electron chi connectivity index (χ4n) is 1.28. The average Bonchev–Trinajstić information content (AvgIpc) is 2.27. The Morgan fingerprint density at radius 3 is 2.88 bits per heavy atom. The van der Waals surface area contributed by atoms with Crippen LogP contribution in [0.25, 0.3) is 0 Å². The minimum absolute atomic E-state index is 0.247. The molecule has 0 radical (unpaired) electrons. The highest BCUT2D eigenvalue weighted by Crippen LogP contribution is 2.21. The van der Waals surface area contributed by atoms with Crippen LogP contribution in [-0.2, 0) is 9.53 Å². The Labute approximate surface area is 99.5 Å². The lowest BCUT2D eigenvalue weighted by Gasteiger charge is -2.08. The Morgan fingerprint density at radius 2 is 2.24 bits per heavy atom. The largest absolute Gasteiger partial charge is 0.491 e. The Hall–Kier alpha value is -1.78. The van der Waals surface area contributed by atoms with Gasteiger partial charge in [-0.15, -0.1) is 0 Å². The number of nitrogen functional groups attached to an aromatic ring is 1. The third kappa shape index (κ3) is 4.72. The third-order valence-electron chi connectivity index (χ3n) is 2.06. The van der Waals surface area contributed by atoms with E-state index in [9.17, 15) is 9.18 Å². The van der Waals surface area contributed by atoms with Crippen molar-refractivity contribution in [2.45, 2.75) is 19.8 Å². The predicted molar refractivity (Wildman–Crippen MR) is 62.2 cm³/mol. The fourth-order valence-corrected chi connectivity index (χ4v) is 1.28. The number of ether oxygens (including phenoxy) is 2. The topological polar surface area (TPSA) is 61.5 Å². The van der Waals surface area contributed by atoms with Crippen molar-refractivity contribution in [2.24, 2.45) is 0 Å². The first-order valence-corrected chi connectivity index (χ1v) is 5.47. The van der Waals surface area contributed by atoms with Crippen molar-refractivity contribution in [2.75, 3.05) is 18.9 Å². The number of carbonyl (C=O) groups excluding carboxylic acids is 1. The lowest BCUT2D eigenvalue weighted by Crippen LogP contribution is -2.07. The van der Waals surface area contributed by atoms with Gasteiger partial charge >= 0.3 is 5.97 Å². The summed E-state index contributed by atoms with van der Waals surface area (Å²) in [7, 11) is 0. The smallest absolute Gasteiger partial charge is 0.305 e. The summed E-state index contributed by atoms with van der Waals surface area (Å²) in [5.41, 5.74) is 5.81. The lowest BCUT2D eigenvalue weighted by molar-refractivity contribution is -0.143. The summed E-state index contributed by atoms with van der Waals surface area (Å²) < 4.78 is 22.8. The van der Waals surface area contributed by atoms with Crippen LogP contribution in [0.1, 0.15) is 19.8 Å². The molecule has 1 rings (SSSR count). The normalized spacial score (nSPS) is 10.0. The standard InChI is InChI=1S/C12H16FNO3/c1-2-16-12(15)4-3-7-17-11-6-5-9(13)8-10(11)14/h5-6,8H,2-4,7,14H2,1H3. The summed E-state index contributed by atoms with van der Waals surface area (Å²) in [4.78, 5) is 11.0. The maximum atomic E-state index is 12.7. The SMILES string of the molecule is CCOC(=O)CCCOc1ccc(F)cc1N. The molecule has 1 aromatic carbocycles. The third-order valence-corrected chi connectivity index (χ3v) is 2.06. The number of esters is 1. The van der Waals surface area contributed by atoms with E-state index in [0.717, 1.165) is 0 Å². The second-order valence-corrected chi connectivity index (χ2v) is 3.44. The highest BCUT2D eigenvalue weighted by molar-refractivity contribution is 5.69. The minimum atomic E-state index is -0.402. The van der Waals surface area contributed by atoms with Crippen molar-refractivity contribution in [3.05, 3.63) is 24.0 Å². The number of halogens is 1. The average molecular weight is 241 g/mol. The van der Waals surface area contributed by atoms with Gasteiger partial charge in [0.15, 0.2) is 0 Å². The van der Waals surface area contributed by atoms with Gasteiger partial charge in [0.05, 0.1) is 18.9 Å². The Morgan fingerprint density at radius 1 is 1.47 bits per heavy atom. The molecule has 5 heteroatoms. The van der Waals surface area contributed by atoms with Crippen LogP contribution in [0.15, 0.2) is 18.2 Å². The van der Waals surface area contributed by atoms with Gasteiger partial charge in [-0.1, -0.05) is 0 Å². The molecule has 0 unspecified atom stereocenters. The van der Waals surface area contributed by atoms with E-state index in [2.05, 4.69) is 0 Å². The first kappa shape index (κ1) is 13.3. The molecule has 17 heavy (non-hydrogen) atoms. The zero-order valence-corrected chi connectivity index (χ0v) is 9.74. The van der Waals surface area contributed by atoms with Gasteiger partial charge in [0, 0.05) is 12.5 Å². The van der Waals surface area contributed by atoms with Crippen LogP contribution in [0.4, 0.5) is 10.1 Å². The number of hydrogen-bond donors (Lipinski definition) is 1. The summed E-state index contributed by atoms with van der Waals surface area (Å²) in [6.45, 7) is 2.48. The summed E-state index contributed by atoms with van der Waals surface area (Å²) in [6.07, 6.45) is 0.838. The number of anilines is 1. The molecule has 94 valence electrons. The van der Waals surface area contributed by atoms with Crippen molar-refractivity contribution in [3.63, 3.8) is 0 Å². The molecule has 0 atom stereocenters. The molecule has 0 aliphatic heterocycles. The van der Waals surface area contributed by atoms with Gasteiger partial charge in [-0.25, -0.2) is 4.39 Å². The van der Waals surface area contributed by atoms with Crippen LogP contribution in [0.5, 0.6) is 5.75 Å². The van der Waals surface area contributed by atoms with E-state index in [1.165, 1.54) is 18.2 Å². The van der Waals surface area contributed by atoms with Crippen LogP contribution in [0.3, 0.4) is 0 Å². The van der Waals surface area contributed by atoms with E-state index in [-0.39, 0.29) is 11.7 Å². The zero-order chi connectivity index (χ0) is 12.7. The van der Waals surface area contributed by atoms with Gasteiger partial charge < -0.3 is 15.2 Å². The molecule has 4 nitrogen and oxygen atoms in total. The summed E-state index contributed by atoms with van der Waals surface area (Å²) >= 11 is 0. The van der Waals surface area contributed by atoms with Gasteiger partial charge in [0.25, 0.3) is 0 Å². The maximum absolute atomic E-state index is 12.7. The number of carbonyl (C=O) groups is 1. The molecular weight excluding hydrogens is 225 g/mol. The van der Waals surface area contributed by atoms with Crippen LogP contribution in [0.2, 0.25) is 0 Å². The molecule has 0 aliphatic carbocycles. The second kappa shape index (κ2) is 6.73. The van der Waals surface area contributed by atoms with Gasteiger partial charge in [-0.2, -0.15) is 0 Å². The van der Waals surface area contributed by atoms with E-state index < -0.39 is 5.82 Å². The number of nitrogens with two attached hydrogens (primary N) is 1. The van der Waals surface area contributed by atoms with Gasteiger partial charge in [-0.05, 0) is 25.5 Å². The minimum Gasteiger partial charge on any atom is -0.491 e. The van der Waals surface area contributed by atoms with Gasteiger partial charge in [-0.3, -0.25) is 4.79 Å². The van der Waals surface area contributed by atoms with Crippen molar-refractivity contribution >= 4 is 11.7 Å². The van der Waals surface area contributed by atoms with E-state index in [1.807, 2.05) is 0 Å². The second-order valence-electron chi connectivity index (χ2n) is 3.44. The zero-order valence-electron chi connectivity index (χ0n) is 9.74. The molecule has 0 aliphatic rings. The Kier molecular flexibility index (Phi) is 5.26. The maximum Gasteiger partial charge on any atom is 0.305 e. The first-order valence-electron chi connectivity index (χ1n) is 5.47. The molecule has 0 saturated heterocycles. The van der Waals surface area contributed by atoms with Crippen molar-refractivity contribution in [3.8, 4) is 5.75 Å². The summed E-state index contributed by atoms with van der Waals surface area (Å²) in [5, 5.41) is 0. The number of benzene rings is 1. The number of rotatable bonds is 6. The van der Waals surface area contributed by atoms with Gasteiger partial charge in [0.1, 0.15) is 11.6 Å². The van der Waals surface area contributed by atoms with E-state index in [1.54, 1.807) is 6.92 Å². The summed E-state index contributed by atoms with van der Waals surface area (Å²) in [5.74, 6) is -0.222. The lowest BCUT2D eigenvalue weighted by atomic mass is 10.3.